The second-order valence-electron chi connectivity index (χ2n) is 8.13. The average Bonchev–Trinajstić information content (AvgIpc) is 2.71. The van der Waals surface area contributed by atoms with Crippen molar-refractivity contribution in [1.29, 1.82) is 0 Å². The van der Waals surface area contributed by atoms with Crippen LogP contribution in [0.15, 0.2) is 48.5 Å². The first kappa shape index (κ1) is 21.5. The molecule has 0 N–H and O–H groups in total. The first-order valence-electron chi connectivity index (χ1n) is 10.6. The third-order valence-corrected chi connectivity index (χ3v) is 5.96. The van der Waals surface area contributed by atoms with Crippen LogP contribution in [0, 0.1) is 11.6 Å². The van der Waals surface area contributed by atoms with Gasteiger partial charge in [-0.1, -0.05) is 56.2 Å². The predicted molar refractivity (Wildman–Crippen MR) is 113 cm³/mol. The molecule has 4 rings (SSSR count). The van der Waals surface area contributed by atoms with Crippen LogP contribution in [0.2, 0.25) is 0 Å². The van der Waals surface area contributed by atoms with Crippen LogP contribution in [-0.2, 0) is 25.4 Å². The molecule has 1 aliphatic carbocycles. The van der Waals surface area contributed by atoms with Gasteiger partial charge >= 0.3 is 6.18 Å². The number of unbranched alkanes of at least 4 members (excludes halogenated alkanes) is 2. The molecule has 0 heterocycles. The summed E-state index contributed by atoms with van der Waals surface area (Å²) < 4.78 is 66.6. The van der Waals surface area contributed by atoms with Crippen molar-refractivity contribution in [3.63, 3.8) is 0 Å². The molecule has 3 aromatic rings. The fraction of sp³-hybridized carbons (Fsp3) is 0.308. The normalized spacial score (nSPS) is 13.1. The summed E-state index contributed by atoms with van der Waals surface area (Å²) in [5, 5.41) is 0. The van der Waals surface area contributed by atoms with Gasteiger partial charge in [0.2, 0.25) is 0 Å². The number of fused-ring (bicyclic) bond motifs is 3. The number of alkyl halides is 3. The molecular formula is C26H23F5. The van der Waals surface area contributed by atoms with E-state index in [0.29, 0.717) is 5.56 Å². The predicted octanol–water partition coefficient (Wildman–Crippen LogP) is 8.15. The second kappa shape index (κ2) is 8.45. The van der Waals surface area contributed by atoms with Gasteiger partial charge in [0.15, 0.2) is 0 Å². The quantitative estimate of drug-likeness (QED) is 0.283. The molecule has 0 saturated heterocycles. The van der Waals surface area contributed by atoms with Gasteiger partial charge in [-0.2, -0.15) is 13.2 Å². The lowest BCUT2D eigenvalue weighted by atomic mass is 9.83. The third kappa shape index (κ3) is 4.36. The van der Waals surface area contributed by atoms with E-state index in [9.17, 15) is 22.0 Å². The molecule has 0 fully saturated rings. The molecule has 0 unspecified atom stereocenters. The Bertz CT molecular complexity index is 1090. The number of hydrogen-bond acceptors (Lipinski definition) is 0. The van der Waals surface area contributed by atoms with Gasteiger partial charge in [-0.25, -0.2) is 8.78 Å². The molecule has 0 spiro atoms. The van der Waals surface area contributed by atoms with E-state index >= 15 is 0 Å². The van der Waals surface area contributed by atoms with Crippen LogP contribution >= 0.6 is 0 Å². The highest BCUT2D eigenvalue weighted by atomic mass is 19.4. The van der Waals surface area contributed by atoms with Gasteiger partial charge in [-0.3, -0.25) is 0 Å². The topological polar surface area (TPSA) is 0 Å². The number of benzene rings is 3. The summed E-state index contributed by atoms with van der Waals surface area (Å²) >= 11 is 0. The zero-order valence-electron chi connectivity index (χ0n) is 17.3. The minimum atomic E-state index is -5.07. The standard InChI is InChI=1S/C26H23F5/c1-2-3-4-5-16-6-10-21-18(12-16)7-8-19-13-17(9-11-22(19)21)20-14-23(27)25(24(28)15-20)26(29,30)31/h6,9-15H,2-5,7-8H2,1H3. The van der Waals surface area contributed by atoms with E-state index in [1.54, 1.807) is 6.07 Å². The van der Waals surface area contributed by atoms with Crippen LogP contribution in [0.1, 0.15) is 48.4 Å². The summed E-state index contributed by atoms with van der Waals surface area (Å²) in [5.41, 5.74) is 4.63. The highest BCUT2D eigenvalue weighted by molar-refractivity contribution is 5.77. The van der Waals surface area contributed by atoms with E-state index in [1.807, 2.05) is 12.1 Å². The SMILES string of the molecule is CCCCCc1ccc2c(c1)CCc1cc(-c3cc(F)c(C(F)(F)F)c(F)c3)ccc1-2. The Kier molecular flexibility index (Phi) is 5.87. The van der Waals surface area contributed by atoms with Gasteiger partial charge in [0, 0.05) is 0 Å². The Balaban J connectivity index is 1.65. The summed E-state index contributed by atoms with van der Waals surface area (Å²) in [6, 6.07) is 13.5. The van der Waals surface area contributed by atoms with Crippen LogP contribution in [0.3, 0.4) is 0 Å². The molecule has 1 aliphatic rings. The summed E-state index contributed by atoms with van der Waals surface area (Å²) in [7, 11) is 0. The molecule has 0 aliphatic heterocycles. The largest absolute Gasteiger partial charge is 0.422 e. The maximum Gasteiger partial charge on any atom is 0.422 e. The highest BCUT2D eigenvalue weighted by Gasteiger charge is 2.38. The summed E-state index contributed by atoms with van der Waals surface area (Å²) in [6.07, 6.45) is 1.22. The Morgan fingerprint density at radius 1 is 0.742 bits per heavy atom. The van der Waals surface area contributed by atoms with Crippen LogP contribution in [0.5, 0.6) is 0 Å². The van der Waals surface area contributed by atoms with E-state index in [0.717, 1.165) is 48.1 Å². The summed E-state index contributed by atoms with van der Waals surface area (Å²) in [4.78, 5) is 0. The molecule has 31 heavy (non-hydrogen) atoms. The van der Waals surface area contributed by atoms with Crippen molar-refractivity contribution in [2.24, 2.45) is 0 Å². The number of rotatable bonds is 5. The molecule has 0 saturated carbocycles. The smallest absolute Gasteiger partial charge is 0.206 e. The minimum Gasteiger partial charge on any atom is -0.206 e. The van der Waals surface area contributed by atoms with Gasteiger partial charge in [0.05, 0.1) is 0 Å². The van der Waals surface area contributed by atoms with Gasteiger partial charge in [0.1, 0.15) is 17.2 Å². The molecule has 3 aromatic carbocycles. The molecule has 0 radical (unpaired) electrons. The molecule has 162 valence electrons. The lowest BCUT2D eigenvalue weighted by molar-refractivity contribution is -0.142. The lowest BCUT2D eigenvalue weighted by Gasteiger charge is -2.22. The first-order valence-corrected chi connectivity index (χ1v) is 10.6. The number of hydrogen-bond donors (Lipinski definition) is 0. The van der Waals surface area contributed by atoms with Gasteiger partial charge in [0.25, 0.3) is 0 Å². The molecule has 0 nitrogen and oxygen atoms in total. The van der Waals surface area contributed by atoms with Crippen LogP contribution in [-0.4, -0.2) is 0 Å². The van der Waals surface area contributed by atoms with Crippen molar-refractivity contribution < 1.29 is 22.0 Å². The van der Waals surface area contributed by atoms with Gasteiger partial charge in [-0.15, -0.1) is 0 Å². The fourth-order valence-electron chi connectivity index (χ4n) is 4.37. The van der Waals surface area contributed by atoms with Crippen molar-refractivity contribution in [2.45, 2.75) is 51.6 Å². The third-order valence-electron chi connectivity index (χ3n) is 5.96. The Morgan fingerprint density at radius 3 is 1.97 bits per heavy atom. The van der Waals surface area contributed by atoms with Crippen molar-refractivity contribution in [3.05, 3.63) is 82.4 Å². The monoisotopic (exact) mass is 430 g/mol. The Labute approximate surface area is 178 Å². The summed E-state index contributed by atoms with van der Waals surface area (Å²) in [6.45, 7) is 2.19. The van der Waals surface area contributed by atoms with Gasteiger partial charge in [-0.05, 0) is 76.8 Å². The van der Waals surface area contributed by atoms with E-state index in [2.05, 4.69) is 25.1 Å². The van der Waals surface area contributed by atoms with Crippen molar-refractivity contribution >= 4 is 0 Å². The summed E-state index contributed by atoms with van der Waals surface area (Å²) in [5.74, 6) is -3.19. The number of halogens is 5. The second-order valence-corrected chi connectivity index (χ2v) is 8.13. The minimum absolute atomic E-state index is 0.0999. The van der Waals surface area contributed by atoms with Crippen LogP contribution in [0.4, 0.5) is 22.0 Å². The molecule has 0 atom stereocenters. The molecular weight excluding hydrogens is 407 g/mol. The van der Waals surface area contributed by atoms with Gasteiger partial charge < -0.3 is 0 Å². The average molecular weight is 430 g/mol. The van der Waals surface area contributed by atoms with Crippen molar-refractivity contribution in [3.8, 4) is 22.3 Å². The van der Waals surface area contributed by atoms with E-state index in [-0.39, 0.29) is 5.56 Å². The van der Waals surface area contributed by atoms with Crippen LogP contribution in [0.25, 0.3) is 22.3 Å². The highest BCUT2D eigenvalue weighted by Crippen LogP contribution is 2.39. The zero-order valence-corrected chi connectivity index (χ0v) is 17.3. The van der Waals surface area contributed by atoms with E-state index in [1.165, 1.54) is 30.4 Å². The maximum atomic E-state index is 14.0. The van der Waals surface area contributed by atoms with E-state index in [4.69, 9.17) is 0 Å². The first-order chi connectivity index (χ1) is 14.8. The Morgan fingerprint density at radius 2 is 1.35 bits per heavy atom. The molecule has 0 aromatic heterocycles. The van der Waals surface area contributed by atoms with Crippen molar-refractivity contribution in [1.82, 2.24) is 0 Å². The van der Waals surface area contributed by atoms with Crippen LogP contribution < -0.4 is 0 Å². The molecule has 0 bridgehead atoms. The maximum absolute atomic E-state index is 14.0. The fourth-order valence-corrected chi connectivity index (χ4v) is 4.37. The molecule has 0 amide bonds. The zero-order chi connectivity index (χ0) is 22.2. The van der Waals surface area contributed by atoms with E-state index < -0.39 is 23.4 Å². The lowest BCUT2D eigenvalue weighted by Crippen LogP contribution is -2.11. The number of aryl methyl sites for hydroxylation is 3. The Hall–Kier alpha value is -2.69. The molecule has 5 heteroatoms. The van der Waals surface area contributed by atoms with Crippen molar-refractivity contribution in [2.75, 3.05) is 0 Å².